The second kappa shape index (κ2) is 5.91. The third-order valence-corrected chi connectivity index (χ3v) is 2.65. The van der Waals surface area contributed by atoms with Crippen molar-refractivity contribution in [2.75, 3.05) is 5.43 Å². The third-order valence-electron chi connectivity index (χ3n) is 2.21. The van der Waals surface area contributed by atoms with Crippen LogP contribution in [0.1, 0.15) is 5.56 Å². The van der Waals surface area contributed by atoms with Crippen LogP contribution in [0.4, 0.5) is 5.82 Å². The first kappa shape index (κ1) is 13.0. The molecule has 0 aliphatic heterocycles. The summed E-state index contributed by atoms with van der Waals surface area (Å²) < 4.78 is 5.57. The van der Waals surface area contributed by atoms with Gasteiger partial charge in [0.1, 0.15) is 18.2 Å². The Bertz CT molecular complexity index is 511. The molecule has 94 valence electrons. The van der Waals surface area contributed by atoms with Crippen LogP contribution < -0.4 is 16.0 Å². The number of nitrogens with one attached hydrogen (secondary N) is 1. The maximum atomic E-state index is 5.87. The Morgan fingerprint density at radius 1 is 1.17 bits per heavy atom. The van der Waals surface area contributed by atoms with E-state index in [0.29, 0.717) is 28.2 Å². The highest BCUT2D eigenvalue weighted by molar-refractivity contribution is 6.34. The van der Waals surface area contributed by atoms with E-state index in [1.807, 2.05) is 6.07 Å². The molecule has 1 aromatic heterocycles. The molecule has 18 heavy (non-hydrogen) atoms. The van der Waals surface area contributed by atoms with Gasteiger partial charge in [0.2, 0.25) is 0 Å². The Labute approximate surface area is 115 Å². The highest BCUT2D eigenvalue weighted by atomic mass is 35.5. The van der Waals surface area contributed by atoms with Gasteiger partial charge in [0, 0.05) is 21.8 Å². The normalized spacial score (nSPS) is 10.2. The molecule has 3 N–H and O–H groups in total. The minimum absolute atomic E-state index is 0.383. The molecule has 0 unspecified atom stereocenters. The number of rotatable bonds is 4. The largest absolute Gasteiger partial charge is 0.489 e. The van der Waals surface area contributed by atoms with E-state index in [1.165, 1.54) is 0 Å². The number of pyridine rings is 1. The molecule has 0 amide bonds. The van der Waals surface area contributed by atoms with Crippen LogP contribution in [0.15, 0.2) is 36.5 Å². The monoisotopic (exact) mass is 283 g/mol. The Hall–Kier alpha value is -1.49. The molecule has 0 bridgehead atoms. The first-order valence-corrected chi connectivity index (χ1v) is 5.93. The van der Waals surface area contributed by atoms with Gasteiger partial charge in [-0.15, -0.1) is 0 Å². The summed E-state index contributed by atoms with van der Waals surface area (Å²) in [5.74, 6) is 6.45. The molecule has 0 aliphatic carbocycles. The average Bonchev–Trinajstić information content (AvgIpc) is 2.36. The number of hydrogen-bond acceptors (Lipinski definition) is 4. The molecule has 4 nitrogen and oxygen atoms in total. The zero-order chi connectivity index (χ0) is 13.0. The van der Waals surface area contributed by atoms with Crippen molar-refractivity contribution in [1.82, 2.24) is 4.98 Å². The Morgan fingerprint density at radius 3 is 2.44 bits per heavy atom. The number of halogens is 2. The number of nitrogens with two attached hydrogens (primary N) is 1. The van der Waals surface area contributed by atoms with Gasteiger partial charge in [-0.1, -0.05) is 29.3 Å². The van der Waals surface area contributed by atoms with Gasteiger partial charge >= 0.3 is 0 Å². The minimum atomic E-state index is 0.383. The van der Waals surface area contributed by atoms with Crippen LogP contribution in [0.2, 0.25) is 10.0 Å². The van der Waals surface area contributed by atoms with Gasteiger partial charge in [-0.05, 0) is 24.3 Å². The summed E-state index contributed by atoms with van der Waals surface area (Å²) in [6.45, 7) is 0.383. The van der Waals surface area contributed by atoms with Crippen molar-refractivity contribution < 1.29 is 4.74 Å². The molecule has 0 spiro atoms. The predicted molar refractivity (Wildman–Crippen MR) is 72.8 cm³/mol. The van der Waals surface area contributed by atoms with Crippen molar-refractivity contribution in [1.29, 1.82) is 0 Å². The molecule has 0 fully saturated rings. The lowest BCUT2D eigenvalue weighted by Crippen LogP contribution is -2.08. The second-order valence-electron chi connectivity index (χ2n) is 3.59. The van der Waals surface area contributed by atoms with Gasteiger partial charge in [0.05, 0.1) is 0 Å². The van der Waals surface area contributed by atoms with Gasteiger partial charge in [0.25, 0.3) is 0 Å². The number of hydrazine groups is 1. The fraction of sp³-hybridized carbons (Fsp3) is 0.0833. The number of anilines is 1. The smallest absolute Gasteiger partial charge is 0.139 e. The summed E-state index contributed by atoms with van der Waals surface area (Å²) in [6, 6.07) is 8.70. The summed E-state index contributed by atoms with van der Waals surface area (Å²) >= 11 is 11.7. The SMILES string of the molecule is NNc1ccc(COc2cc(Cl)cc(Cl)c2)cn1. The Morgan fingerprint density at radius 2 is 1.89 bits per heavy atom. The average molecular weight is 284 g/mol. The lowest BCUT2D eigenvalue weighted by Gasteiger charge is -2.07. The van der Waals surface area contributed by atoms with E-state index < -0.39 is 0 Å². The zero-order valence-electron chi connectivity index (χ0n) is 9.36. The number of nitrogens with zero attached hydrogens (tertiary/aromatic N) is 1. The molecular weight excluding hydrogens is 273 g/mol. The molecule has 2 aromatic rings. The molecule has 6 heteroatoms. The standard InChI is InChI=1S/C12H11Cl2N3O/c13-9-3-10(14)5-11(4-9)18-7-8-1-2-12(17-15)16-6-8/h1-6H,7,15H2,(H,16,17). The molecule has 1 heterocycles. The lowest BCUT2D eigenvalue weighted by molar-refractivity contribution is 0.306. The maximum Gasteiger partial charge on any atom is 0.139 e. The predicted octanol–water partition coefficient (Wildman–Crippen LogP) is 3.25. The number of benzene rings is 1. The van der Waals surface area contributed by atoms with Crippen molar-refractivity contribution in [2.24, 2.45) is 5.84 Å². The van der Waals surface area contributed by atoms with Crippen LogP contribution in [0, 0.1) is 0 Å². The number of aromatic nitrogens is 1. The molecule has 0 radical (unpaired) electrons. The fourth-order valence-corrected chi connectivity index (χ4v) is 1.88. The van der Waals surface area contributed by atoms with Crippen LogP contribution in [0.5, 0.6) is 5.75 Å². The summed E-state index contributed by atoms with van der Waals surface area (Å²) in [4.78, 5) is 4.08. The Balaban J connectivity index is 2.01. The topological polar surface area (TPSA) is 60.2 Å². The quantitative estimate of drug-likeness (QED) is 0.668. The second-order valence-corrected chi connectivity index (χ2v) is 4.46. The van der Waals surface area contributed by atoms with E-state index in [4.69, 9.17) is 33.8 Å². The van der Waals surface area contributed by atoms with Gasteiger partial charge in [-0.2, -0.15) is 0 Å². The lowest BCUT2D eigenvalue weighted by atomic mass is 10.3. The van der Waals surface area contributed by atoms with Gasteiger partial charge in [-0.3, -0.25) is 0 Å². The fourth-order valence-electron chi connectivity index (χ4n) is 1.37. The highest BCUT2D eigenvalue weighted by Crippen LogP contribution is 2.24. The summed E-state index contributed by atoms with van der Waals surface area (Å²) in [5, 5.41) is 1.08. The van der Waals surface area contributed by atoms with E-state index in [-0.39, 0.29) is 0 Å². The van der Waals surface area contributed by atoms with Gasteiger partial charge < -0.3 is 10.2 Å². The molecule has 0 saturated heterocycles. The number of ether oxygens (including phenoxy) is 1. The van der Waals surface area contributed by atoms with Crippen LogP contribution in [0.25, 0.3) is 0 Å². The van der Waals surface area contributed by atoms with E-state index >= 15 is 0 Å². The van der Waals surface area contributed by atoms with Crippen molar-refractivity contribution >= 4 is 29.0 Å². The van der Waals surface area contributed by atoms with E-state index in [2.05, 4.69) is 10.4 Å². The molecule has 2 rings (SSSR count). The highest BCUT2D eigenvalue weighted by Gasteiger charge is 2.00. The molecule has 1 aromatic carbocycles. The van der Waals surface area contributed by atoms with Crippen LogP contribution in [0.3, 0.4) is 0 Å². The first-order valence-electron chi connectivity index (χ1n) is 5.18. The van der Waals surface area contributed by atoms with Crippen LogP contribution in [-0.2, 0) is 6.61 Å². The molecule has 0 aliphatic rings. The van der Waals surface area contributed by atoms with Crippen molar-refractivity contribution in [3.63, 3.8) is 0 Å². The number of nitrogen functional groups attached to an aromatic ring is 1. The van der Waals surface area contributed by atoms with Crippen molar-refractivity contribution in [2.45, 2.75) is 6.61 Å². The molecule has 0 atom stereocenters. The summed E-state index contributed by atoms with van der Waals surface area (Å²) in [6.07, 6.45) is 1.68. The Kier molecular flexibility index (Phi) is 4.25. The van der Waals surface area contributed by atoms with Crippen LogP contribution in [-0.4, -0.2) is 4.98 Å². The molecular formula is C12H11Cl2N3O. The third kappa shape index (κ3) is 3.50. The van der Waals surface area contributed by atoms with E-state index in [0.717, 1.165) is 5.56 Å². The van der Waals surface area contributed by atoms with Crippen LogP contribution >= 0.6 is 23.2 Å². The maximum absolute atomic E-state index is 5.87. The minimum Gasteiger partial charge on any atom is -0.489 e. The van der Waals surface area contributed by atoms with Crippen molar-refractivity contribution in [3.8, 4) is 5.75 Å². The van der Waals surface area contributed by atoms with Crippen molar-refractivity contribution in [3.05, 3.63) is 52.1 Å². The first-order chi connectivity index (χ1) is 8.67. The summed E-state index contributed by atoms with van der Waals surface area (Å²) in [5.41, 5.74) is 3.38. The molecule has 0 saturated carbocycles. The van der Waals surface area contributed by atoms with Gasteiger partial charge in [-0.25, -0.2) is 10.8 Å². The van der Waals surface area contributed by atoms with E-state index in [1.54, 1.807) is 30.5 Å². The zero-order valence-corrected chi connectivity index (χ0v) is 10.9. The van der Waals surface area contributed by atoms with Gasteiger partial charge in [0.15, 0.2) is 0 Å². The van der Waals surface area contributed by atoms with E-state index in [9.17, 15) is 0 Å². The summed E-state index contributed by atoms with van der Waals surface area (Å²) in [7, 11) is 0. The number of hydrogen-bond donors (Lipinski definition) is 2.